The Bertz CT molecular complexity index is 1170. The lowest BCUT2D eigenvalue weighted by atomic mass is 10.1. The summed E-state index contributed by atoms with van der Waals surface area (Å²) in [5, 5.41) is 4.75. The summed E-state index contributed by atoms with van der Waals surface area (Å²) in [6.07, 6.45) is 6.57. The molecule has 32 heavy (non-hydrogen) atoms. The molecule has 3 heterocycles. The number of nitrogens with zero attached hydrogens (tertiary/aromatic N) is 3. The number of ether oxygens (including phenoxy) is 3. The van der Waals surface area contributed by atoms with Crippen molar-refractivity contribution in [2.24, 2.45) is 0 Å². The number of rotatable bonds is 7. The SMILES string of the molecule is Clc1ccc(C2(Cn3ccnc3)OCC(COc3ccc(-c4ccno4)cc3)O2)c(Cl)c1. The van der Waals surface area contributed by atoms with E-state index < -0.39 is 5.79 Å². The number of aromatic nitrogens is 3. The molecule has 1 aliphatic rings. The van der Waals surface area contributed by atoms with Gasteiger partial charge in [-0.05, 0) is 36.4 Å². The third-order valence-electron chi connectivity index (χ3n) is 5.16. The Kier molecular flexibility index (Phi) is 5.89. The molecule has 0 spiro atoms. The van der Waals surface area contributed by atoms with E-state index in [9.17, 15) is 0 Å². The minimum Gasteiger partial charge on any atom is -0.491 e. The van der Waals surface area contributed by atoms with Crippen molar-refractivity contribution in [3.63, 3.8) is 0 Å². The van der Waals surface area contributed by atoms with Crippen LogP contribution in [0.25, 0.3) is 11.3 Å². The van der Waals surface area contributed by atoms with Crippen molar-refractivity contribution >= 4 is 23.2 Å². The van der Waals surface area contributed by atoms with Gasteiger partial charge in [-0.1, -0.05) is 34.4 Å². The molecule has 2 atom stereocenters. The molecule has 7 nitrogen and oxygen atoms in total. The van der Waals surface area contributed by atoms with Crippen molar-refractivity contribution in [1.82, 2.24) is 14.7 Å². The zero-order valence-electron chi connectivity index (χ0n) is 16.9. The summed E-state index contributed by atoms with van der Waals surface area (Å²) in [6.45, 7) is 1.05. The highest BCUT2D eigenvalue weighted by Crippen LogP contribution is 2.40. The fourth-order valence-corrected chi connectivity index (χ4v) is 4.20. The lowest BCUT2D eigenvalue weighted by Crippen LogP contribution is -2.34. The third-order valence-corrected chi connectivity index (χ3v) is 5.71. The van der Waals surface area contributed by atoms with Gasteiger partial charge in [0.2, 0.25) is 5.79 Å². The average Bonchev–Trinajstić information content (AvgIpc) is 3.56. The molecule has 9 heteroatoms. The summed E-state index contributed by atoms with van der Waals surface area (Å²) in [7, 11) is 0. The largest absolute Gasteiger partial charge is 0.491 e. The molecule has 0 amide bonds. The molecule has 0 saturated carbocycles. The molecular formula is C23H19Cl2N3O4. The molecule has 0 aliphatic carbocycles. The van der Waals surface area contributed by atoms with Crippen molar-refractivity contribution in [3.05, 3.63) is 89.1 Å². The zero-order chi connectivity index (χ0) is 22.0. The quantitative estimate of drug-likeness (QED) is 0.369. The van der Waals surface area contributed by atoms with Crippen LogP contribution < -0.4 is 4.74 Å². The van der Waals surface area contributed by atoms with E-state index in [0.717, 1.165) is 5.56 Å². The highest BCUT2D eigenvalue weighted by Gasteiger charge is 2.45. The highest BCUT2D eigenvalue weighted by molar-refractivity contribution is 6.35. The van der Waals surface area contributed by atoms with Crippen LogP contribution in [0.1, 0.15) is 5.56 Å². The first-order valence-corrected chi connectivity index (χ1v) is 10.7. The minimum atomic E-state index is -1.08. The van der Waals surface area contributed by atoms with E-state index >= 15 is 0 Å². The number of halogens is 2. The maximum absolute atomic E-state index is 6.50. The van der Waals surface area contributed by atoms with Crippen LogP contribution in [0.3, 0.4) is 0 Å². The smallest absolute Gasteiger partial charge is 0.215 e. The second kappa shape index (κ2) is 8.96. The summed E-state index contributed by atoms with van der Waals surface area (Å²) in [4.78, 5) is 4.11. The molecule has 2 unspecified atom stereocenters. The van der Waals surface area contributed by atoms with E-state index in [-0.39, 0.29) is 6.10 Å². The molecule has 4 aromatic rings. The summed E-state index contributed by atoms with van der Waals surface area (Å²) in [5.74, 6) is 0.341. The van der Waals surface area contributed by atoms with Crippen LogP contribution in [0.5, 0.6) is 5.75 Å². The van der Waals surface area contributed by atoms with E-state index in [0.29, 0.717) is 46.9 Å². The van der Waals surface area contributed by atoms with Crippen LogP contribution >= 0.6 is 23.2 Å². The Balaban J connectivity index is 1.30. The average molecular weight is 472 g/mol. The van der Waals surface area contributed by atoms with Crippen molar-refractivity contribution in [2.75, 3.05) is 13.2 Å². The van der Waals surface area contributed by atoms with Crippen LogP contribution in [0.2, 0.25) is 10.0 Å². The number of hydrogen-bond acceptors (Lipinski definition) is 6. The second-order valence-corrected chi connectivity index (χ2v) is 8.22. The van der Waals surface area contributed by atoms with Gasteiger partial charge < -0.3 is 23.3 Å². The molecular weight excluding hydrogens is 453 g/mol. The molecule has 0 radical (unpaired) electrons. The topological polar surface area (TPSA) is 71.5 Å². The molecule has 1 fully saturated rings. The first-order valence-electron chi connectivity index (χ1n) is 9.98. The van der Waals surface area contributed by atoms with Gasteiger partial charge in [0.05, 0.1) is 30.7 Å². The van der Waals surface area contributed by atoms with E-state index in [2.05, 4.69) is 10.1 Å². The Morgan fingerprint density at radius 1 is 1.09 bits per heavy atom. The zero-order valence-corrected chi connectivity index (χ0v) is 18.4. The maximum atomic E-state index is 6.50. The van der Waals surface area contributed by atoms with Gasteiger partial charge in [0.25, 0.3) is 0 Å². The summed E-state index contributed by atoms with van der Waals surface area (Å²) in [6, 6.07) is 14.7. The number of hydrogen-bond donors (Lipinski definition) is 0. The molecule has 5 rings (SSSR count). The normalized spacial score (nSPS) is 20.5. The van der Waals surface area contributed by atoms with Gasteiger partial charge in [-0.25, -0.2) is 4.98 Å². The van der Waals surface area contributed by atoms with Gasteiger partial charge in [-0.2, -0.15) is 0 Å². The second-order valence-electron chi connectivity index (χ2n) is 7.38. The Morgan fingerprint density at radius 3 is 2.69 bits per heavy atom. The molecule has 1 saturated heterocycles. The van der Waals surface area contributed by atoms with Crippen molar-refractivity contribution in [1.29, 1.82) is 0 Å². The van der Waals surface area contributed by atoms with Crippen LogP contribution in [-0.4, -0.2) is 34.0 Å². The van der Waals surface area contributed by atoms with E-state index in [1.54, 1.807) is 36.9 Å². The minimum absolute atomic E-state index is 0.292. The highest BCUT2D eigenvalue weighted by atomic mass is 35.5. The summed E-state index contributed by atoms with van der Waals surface area (Å²) >= 11 is 12.6. The molecule has 164 valence electrons. The molecule has 2 aromatic heterocycles. The van der Waals surface area contributed by atoms with Crippen molar-refractivity contribution in [3.8, 4) is 17.1 Å². The lowest BCUT2D eigenvalue weighted by molar-refractivity contribution is -0.189. The van der Waals surface area contributed by atoms with E-state index in [1.165, 1.54) is 0 Å². The Labute approximate surface area is 194 Å². The van der Waals surface area contributed by atoms with Gasteiger partial charge in [0.15, 0.2) is 5.76 Å². The molecule has 1 aliphatic heterocycles. The molecule has 2 aromatic carbocycles. The van der Waals surface area contributed by atoms with E-state index in [1.807, 2.05) is 41.1 Å². The number of imidazole rings is 1. The monoisotopic (exact) mass is 471 g/mol. The first kappa shape index (κ1) is 21.0. The van der Waals surface area contributed by atoms with Crippen LogP contribution in [0.15, 0.2) is 78.0 Å². The maximum Gasteiger partial charge on any atom is 0.215 e. The van der Waals surface area contributed by atoms with Gasteiger partial charge in [-0.15, -0.1) is 0 Å². The third kappa shape index (κ3) is 4.38. The van der Waals surface area contributed by atoms with Crippen LogP contribution in [0.4, 0.5) is 0 Å². The van der Waals surface area contributed by atoms with E-state index in [4.69, 9.17) is 41.9 Å². The van der Waals surface area contributed by atoms with Gasteiger partial charge in [-0.3, -0.25) is 0 Å². The Morgan fingerprint density at radius 2 is 1.97 bits per heavy atom. The lowest BCUT2D eigenvalue weighted by Gasteiger charge is -2.30. The van der Waals surface area contributed by atoms with Gasteiger partial charge >= 0.3 is 0 Å². The fourth-order valence-electron chi connectivity index (χ4n) is 3.64. The van der Waals surface area contributed by atoms with Crippen LogP contribution in [-0.2, 0) is 21.8 Å². The van der Waals surface area contributed by atoms with Gasteiger partial charge in [0, 0.05) is 34.6 Å². The predicted octanol–water partition coefficient (Wildman–Crippen LogP) is 5.19. The Hall–Kier alpha value is -2.84. The molecule has 0 N–H and O–H groups in total. The van der Waals surface area contributed by atoms with Crippen molar-refractivity contribution < 1.29 is 18.7 Å². The first-order chi connectivity index (χ1) is 15.6. The van der Waals surface area contributed by atoms with Crippen LogP contribution in [0, 0.1) is 0 Å². The van der Waals surface area contributed by atoms with Crippen molar-refractivity contribution in [2.45, 2.75) is 18.4 Å². The fraction of sp³-hybridized carbons (Fsp3) is 0.217. The summed E-state index contributed by atoms with van der Waals surface area (Å²) in [5.41, 5.74) is 1.63. The predicted molar refractivity (Wildman–Crippen MR) is 119 cm³/mol. The molecule has 0 bridgehead atoms. The number of benzene rings is 2. The standard InChI is InChI=1S/C23H19Cl2N3O4/c24-17-3-6-20(21(25)11-17)23(14-28-10-9-26-15-28)30-13-19(31-23)12-29-18-4-1-16(2-5-18)22-7-8-27-32-22/h1-11,15,19H,12-14H2. The van der Waals surface area contributed by atoms with Gasteiger partial charge in [0.1, 0.15) is 18.5 Å². The summed E-state index contributed by atoms with van der Waals surface area (Å²) < 4.78 is 25.6.